The second-order valence-corrected chi connectivity index (χ2v) is 7.94. The number of nitrogens with one attached hydrogen (secondary N) is 1. The van der Waals surface area contributed by atoms with Crippen molar-refractivity contribution in [1.29, 1.82) is 0 Å². The van der Waals surface area contributed by atoms with Crippen LogP contribution in [0.25, 0.3) is 21.8 Å². The van der Waals surface area contributed by atoms with Crippen LogP contribution >= 0.6 is 0 Å². The minimum atomic E-state index is -0.197. The van der Waals surface area contributed by atoms with Gasteiger partial charge in [-0.2, -0.15) is 0 Å². The molecule has 0 aliphatic carbocycles. The monoisotopic (exact) mass is 401 g/mol. The molecule has 5 rings (SSSR count). The van der Waals surface area contributed by atoms with E-state index in [1.54, 1.807) is 0 Å². The number of aromatic nitrogens is 1. The predicted molar refractivity (Wildman–Crippen MR) is 118 cm³/mol. The van der Waals surface area contributed by atoms with Gasteiger partial charge < -0.3 is 9.88 Å². The van der Waals surface area contributed by atoms with Crippen LogP contribution in [0.2, 0.25) is 0 Å². The molecule has 152 valence electrons. The lowest BCUT2D eigenvalue weighted by molar-refractivity contribution is 0.0638. The van der Waals surface area contributed by atoms with Crippen molar-refractivity contribution < 1.29 is 9.18 Å². The number of hydrogen-bond donors (Lipinski definition) is 1. The summed E-state index contributed by atoms with van der Waals surface area (Å²) in [6.45, 7) is 4.11. The van der Waals surface area contributed by atoms with Crippen molar-refractivity contribution in [2.45, 2.75) is 6.42 Å². The van der Waals surface area contributed by atoms with E-state index in [1.807, 2.05) is 47.4 Å². The number of nitrogens with zero attached hydrogens (tertiary/aromatic N) is 2. The molecule has 30 heavy (non-hydrogen) atoms. The Morgan fingerprint density at radius 1 is 0.867 bits per heavy atom. The van der Waals surface area contributed by atoms with Gasteiger partial charge in [0.15, 0.2) is 0 Å². The van der Waals surface area contributed by atoms with E-state index in [0.29, 0.717) is 0 Å². The van der Waals surface area contributed by atoms with E-state index < -0.39 is 0 Å². The number of H-pyrrole nitrogens is 1. The third-order valence-corrected chi connectivity index (χ3v) is 6.04. The van der Waals surface area contributed by atoms with Crippen molar-refractivity contribution in [2.75, 3.05) is 32.7 Å². The lowest BCUT2D eigenvalue weighted by Crippen LogP contribution is -2.49. The van der Waals surface area contributed by atoms with Crippen molar-refractivity contribution in [3.8, 4) is 0 Å². The van der Waals surface area contributed by atoms with Gasteiger partial charge in [-0.1, -0.05) is 30.3 Å². The topological polar surface area (TPSA) is 39.3 Å². The number of hydrogen-bond acceptors (Lipinski definition) is 2. The van der Waals surface area contributed by atoms with Crippen molar-refractivity contribution in [1.82, 2.24) is 14.8 Å². The molecule has 1 aromatic heterocycles. The molecule has 4 aromatic rings. The zero-order valence-corrected chi connectivity index (χ0v) is 16.8. The maximum absolute atomic E-state index is 13.1. The van der Waals surface area contributed by atoms with E-state index in [-0.39, 0.29) is 11.7 Å². The second kappa shape index (κ2) is 7.92. The quantitative estimate of drug-likeness (QED) is 0.548. The molecule has 1 saturated heterocycles. The Morgan fingerprint density at radius 3 is 2.40 bits per heavy atom. The summed E-state index contributed by atoms with van der Waals surface area (Å²) in [6.07, 6.45) is 0.894. The molecule has 0 saturated carbocycles. The van der Waals surface area contributed by atoms with Gasteiger partial charge in [0.2, 0.25) is 0 Å². The number of benzene rings is 3. The largest absolute Gasteiger partial charge is 0.355 e. The average molecular weight is 401 g/mol. The summed E-state index contributed by atoms with van der Waals surface area (Å²) in [5.41, 5.74) is 4.03. The highest BCUT2D eigenvalue weighted by Crippen LogP contribution is 2.26. The van der Waals surface area contributed by atoms with E-state index in [0.717, 1.165) is 72.1 Å². The Labute approximate surface area is 174 Å². The molecule has 1 aliphatic rings. The van der Waals surface area contributed by atoms with E-state index in [2.05, 4.69) is 22.0 Å². The van der Waals surface area contributed by atoms with Crippen molar-refractivity contribution in [3.63, 3.8) is 0 Å². The Balaban J connectivity index is 1.23. The summed E-state index contributed by atoms with van der Waals surface area (Å²) in [7, 11) is 0. The molecule has 3 aromatic carbocycles. The van der Waals surface area contributed by atoms with Gasteiger partial charge in [-0.25, -0.2) is 4.39 Å². The standard InChI is InChI=1S/C25H24FN3O/c26-20-8-5-18(6-9-20)11-12-28-13-15-29(16-14-28)25(30)19-7-10-24-22(17-19)21-3-1-2-4-23(21)27-24/h1-10,17,27H,11-16H2. The molecule has 0 radical (unpaired) electrons. The van der Waals surface area contributed by atoms with Crippen molar-refractivity contribution in [2.24, 2.45) is 0 Å². The molecule has 0 unspecified atom stereocenters. The van der Waals surface area contributed by atoms with Gasteiger partial charge in [-0.15, -0.1) is 0 Å². The first-order valence-electron chi connectivity index (χ1n) is 10.4. The maximum Gasteiger partial charge on any atom is 0.253 e. The van der Waals surface area contributed by atoms with Crippen molar-refractivity contribution >= 4 is 27.7 Å². The van der Waals surface area contributed by atoms with E-state index >= 15 is 0 Å². The molecule has 2 heterocycles. The number of amides is 1. The SMILES string of the molecule is O=C(c1ccc2[nH]c3ccccc3c2c1)N1CCN(CCc2ccc(F)cc2)CC1. The van der Waals surface area contributed by atoms with E-state index in [4.69, 9.17) is 0 Å². The van der Waals surface area contributed by atoms with Gasteiger partial charge in [0.25, 0.3) is 5.91 Å². The molecule has 4 nitrogen and oxygen atoms in total. The summed E-state index contributed by atoms with van der Waals surface area (Å²) in [6, 6.07) is 20.8. The van der Waals surface area contributed by atoms with Gasteiger partial charge in [0.05, 0.1) is 0 Å². The highest BCUT2D eigenvalue weighted by molar-refractivity contribution is 6.09. The van der Waals surface area contributed by atoms with Gasteiger partial charge >= 0.3 is 0 Å². The first-order valence-corrected chi connectivity index (χ1v) is 10.4. The number of rotatable bonds is 4. The van der Waals surface area contributed by atoms with Crippen LogP contribution in [-0.2, 0) is 6.42 Å². The lowest BCUT2D eigenvalue weighted by atomic mass is 10.1. The molecule has 1 amide bonds. The van der Waals surface area contributed by atoms with Crippen LogP contribution in [0.3, 0.4) is 0 Å². The number of fused-ring (bicyclic) bond motifs is 3. The highest BCUT2D eigenvalue weighted by atomic mass is 19.1. The molecule has 0 atom stereocenters. The van der Waals surface area contributed by atoms with Gasteiger partial charge in [-0.05, 0) is 48.4 Å². The van der Waals surface area contributed by atoms with Crippen LogP contribution in [0.1, 0.15) is 15.9 Å². The van der Waals surface area contributed by atoms with Crippen LogP contribution < -0.4 is 0 Å². The van der Waals surface area contributed by atoms with Crippen LogP contribution in [0.4, 0.5) is 4.39 Å². The van der Waals surface area contributed by atoms with Gasteiger partial charge in [0, 0.05) is 60.1 Å². The van der Waals surface area contributed by atoms with Crippen LogP contribution in [-0.4, -0.2) is 53.4 Å². The third kappa shape index (κ3) is 3.68. The summed E-state index contributed by atoms with van der Waals surface area (Å²) < 4.78 is 13.0. The van der Waals surface area contributed by atoms with Gasteiger partial charge in [0.1, 0.15) is 5.82 Å². The normalized spacial score (nSPS) is 15.2. The number of carbonyl (C=O) groups excluding carboxylic acids is 1. The number of carbonyl (C=O) groups is 1. The second-order valence-electron chi connectivity index (χ2n) is 7.94. The number of piperazine rings is 1. The first-order chi connectivity index (χ1) is 14.7. The van der Waals surface area contributed by atoms with Crippen molar-refractivity contribution in [3.05, 3.63) is 83.7 Å². The Morgan fingerprint density at radius 2 is 1.60 bits per heavy atom. The first kappa shape index (κ1) is 18.8. The van der Waals surface area contributed by atoms with Crippen LogP contribution in [0.15, 0.2) is 66.7 Å². The fourth-order valence-electron chi connectivity index (χ4n) is 4.28. The number of aromatic amines is 1. The molecular weight excluding hydrogens is 377 g/mol. The predicted octanol–water partition coefficient (Wildman–Crippen LogP) is 4.46. The molecule has 0 spiro atoms. The summed E-state index contributed by atoms with van der Waals surface area (Å²) >= 11 is 0. The third-order valence-electron chi connectivity index (χ3n) is 6.04. The summed E-state index contributed by atoms with van der Waals surface area (Å²) in [5.74, 6) is -0.0999. The van der Waals surface area contributed by atoms with Gasteiger partial charge in [-0.3, -0.25) is 9.69 Å². The zero-order chi connectivity index (χ0) is 20.5. The molecule has 5 heteroatoms. The fourth-order valence-corrected chi connectivity index (χ4v) is 4.28. The minimum Gasteiger partial charge on any atom is -0.355 e. The smallest absolute Gasteiger partial charge is 0.253 e. The van der Waals surface area contributed by atoms with E-state index in [1.165, 1.54) is 12.1 Å². The number of halogens is 1. The Kier molecular flexibility index (Phi) is 4.97. The summed E-state index contributed by atoms with van der Waals surface area (Å²) in [4.78, 5) is 20.8. The Bertz CT molecular complexity index is 1190. The Hall–Kier alpha value is -3.18. The lowest BCUT2D eigenvalue weighted by Gasteiger charge is -2.34. The maximum atomic E-state index is 13.1. The molecule has 1 N–H and O–H groups in total. The number of para-hydroxylation sites is 1. The molecule has 1 aliphatic heterocycles. The summed E-state index contributed by atoms with van der Waals surface area (Å²) in [5, 5.41) is 2.24. The molecule has 0 bridgehead atoms. The minimum absolute atomic E-state index is 0.0976. The zero-order valence-electron chi connectivity index (χ0n) is 16.8. The fraction of sp³-hybridized carbons (Fsp3) is 0.240. The molecule has 1 fully saturated rings. The van der Waals surface area contributed by atoms with Crippen LogP contribution in [0, 0.1) is 5.82 Å². The average Bonchev–Trinajstić information content (AvgIpc) is 3.16. The van der Waals surface area contributed by atoms with Crippen LogP contribution in [0.5, 0.6) is 0 Å². The molecular formula is C25H24FN3O. The highest BCUT2D eigenvalue weighted by Gasteiger charge is 2.22. The van der Waals surface area contributed by atoms with E-state index in [9.17, 15) is 9.18 Å².